The zero-order valence-electron chi connectivity index (χ0n) is 10.2. The van der Waals surface area contributed by atoms with Gasteiger partial charge in [-0.3, -0.25) is 0 Å². The molecule has 9 heteroatoms. The van der Waals surface area contributed by atoms with Gasteiger partial charge >= 0.3 is 12.0 Å². The molecule has 0 bridgehead atoms. The van der Waals surface area contributed by atoms with Crippen LogP contribution in [0.15, 0.2) is 16.6 Å². The van der Waals surface area contributed by atoms with Gasteiger partial charge in [-0.2, -0.15) is 0 Å². The van der Waals surface area contributed by atoms with Gasteiger partial charge in [-0.1, -0.05) is 0 Å². The molecule has 20 heavy (non-hydrogen) atoms. The Kier molecular flexibility index (Phi) is 5.01. The van der Waals surface area contributed by atoms with Gasteiger partial charge in [-0.15, -0.1) is 0 Å². The fraction of sp³-hybridized carbons (Fsp3) is 0.273. The van der Waals surface area contributed by atoms with Crippen LogP contribution >= 0.6 is 15.9 Å². The quantitative estimate of drug-likeness (QED) is 0.619. The number of carboxylic acid groups (broad SMARTS) is 1. The largest absolute Gasteiger partial charge is 0.479 e. The molecule has 0 heterocycles. The number of halogens is 3. The highest BCUT2D eigenvalue weighted by Gasteiger charge is 2.30. The van der Waals surface area contributed by atoms with Gasteiger partial charge in [0.25, 0.3) is 0 Å². The monoisotopic (exact) mass is 352 g/mol. The predicted molar refractivity (Wildman–Crippen MR) is 69.3 cm³/mol. The molecule has 1 unspecified atom stereocenters. The van der Waals surface area contributed by atoms with E-state index >= 15 is 0 Å². The van der Waals surface area contributed by atoms with Crippen molar-refractivity contribution in [2.24, 2.45) is 0 Å². The van der Waals surface area contributed by atoms with Crippen molar-refractivity contribution in [1.29, 1.82) is 0 Å². The van der Waals surface area contributed by atoms with E-state index in [1.807, 2.05) is 10.6 Å². The lowest BCUT2D eigenvalue weighted by molar-refractivity contribution is -0.155. The molecule has 1 aromatic rings. The van der Waals surface area contributed by atoms with Crippen LogP contribution in [-0.2, 0) is 4.79 Å². The molecule has 0 aliphatic rings. The van der Waals surface area contributed by atoms with Crippen LogP contribution in [0.25, 0.3) is 0 Å². The standard InChI is InChI=1S/C11H11BrF2N2O4/c1-11(20,9(17)18)4-15-10(19)16-7-3-5(13)2-6(12)8(7)14/h2-3,20H,4H2,1H3,(H,17,18)(H2,15,16,19). The summed E-state index contributed by atoms with van der Waals surface area (Å²) >= 11 is 2.77. The molecule has 0 aromatic heterocycles. The Bertz CT molecular complexity index is 551. The molecule has 6 nitrogen and oxygen atoms in total. The number of benzene rings is 1. The third kappa shape index (κ3) is 4.14. The lowest BCUT2D eigenvalue weighted by atomic mass is 10.1. The molecule has 4 N–H and O–H groups in total. The summed E-state index contributed by atoms with van der Waals surface area (Å²) in [6, 6.07) is 0.658. The second-order valence-electron chi connectivity index (χ2n) is 4.14. The Morgan fingerprint density at radius 1 is 1.40 bits per heavy atom. The molecular formula is C11H11BrF2N2O4. The summed E-state index contributed by atoms with van der Waals surface area (Å²) in [5.41, 5.74) is -2.59. The Hall–Kier alpha value is -1.74. The van der Waals surface area contributed by atoms with Gasteiger partial charge in [0.2, 0.25) is 0 Å². The smallest absolute Gasteiger partial charge is 0.337 e. The van der Waals surface area contributed by atoms with Crippen LogP contribution in [0.2, 0.25) is 0 Å². The summed E-state index contributed by atoms with van der Waals surface area (Å²) < 4.78 is 26.4. The van der Waals surface area contributed by atoms with Gasteiger partial charge in [0, 0.05) is 6.07 Å². The molecular weight excluding hydrogens is 342 g/mol. The highest BCUT2D eigenvalue weighted by atomic mass is 79.9. The minimum absolute atomic E-state index is 0.176. The Morgan fingerprint density at radius 3 is 2.55 bits per heavy atom. The molecule has 0 aliphatic carbocycles. The number of anilines is 1. The van der Waals surface area contributed by atoms with Gasteiger partial charge in [0.15, 0.2) is 11.4 Å². The average Bonchev–Trinajstić information content (AvgIpc) is 2.33. The van der Waals surface area contributed by atoms with Crippen molar-refractivity contribution in [2.75, 3.05) is 11.9 Å². The Labute approximate surface area is 120 Å². The van der Waals surface area contributed by atoms with Crippen LogP contribution in [0.1, 0.15) is 6.92 Å². The molecule has 0 spiro atoms. The average molecular weight is 353 g/mol. The van der Waals surface area contributed by atoms with E-state index < -0.39 is 41.5 Å². The SMILES string of the molecule is CC(O)(CNC(=O)Nc1cc(F)cc(Br)c1F)C(=O)O. The first-order chi connectivity index (χ1) is 9.13. The van der Waals surface area contributed by atoms with Crippen LogP contribution in [0, 0.1) is 11.6 Å². The summed E-state index contributed by atoms with van der Waals surface area (Å²) in [4.78, 5) is 22.0. The molecule has 1 atom stereocenters. The maximum atomic E-state index is 13.5. The van der Waals surface area contributed by atoms with E-state index in [1.165, 1.54) is 0 Å². The van der Waals surface area contributed by atoms with E-state index in [1.54, 1.807) is 0 Å². The summed E-state index contributed by atoms with van der Waals surface area (Å²) in [5, 5.41) is 22.0. The molecule has 110 valence electrons. The molecule has 1 aromatic carbocycles. The number of carbonyl (C=O) groups excluding carboxylic acids is 1. The van der Waals surface area contributed by atoms with Crippen molar-refractivity contribution < 1.29 is 28.6 Å². The van der Waals surface area contributed by atoms with Crippen molar-refractivity contribution in [3.8, 4) is 0 Å². The number of amides is 2. The minimum atomic E-state index is -2.17. The van der Waals surface area contributed by atoms with Crippen molar-refractivity contribution in [3.63, 3.8) is 0 Å². The van der Waals surface area contributed by atoms with Crippen LogP contribution in [-0.4, -0.2) is 34.4 Å². The number of aliphatic carboxylic acids is 1. The minimum Gasteiger partial charge on any atom is -0.479 e. The first-order valence-corrected chi connectivity index (χ1v) is 6.08. The second kappa shape index (κ2) is 6.14. The second-order valence-corrected chi connectivity index (χ2v) is 4.99. The molecule has 1 rings (SSSR count). The van der Waals surface area contributed by atoms with Crippen LogP contribution < -0.4 is 10.6 Å². The van der Waals surface area contributed by atoms with Gasteiger partial charge in [-0.05, 0) is 28.9 Å². The third-order valence-electron chi connectivity index (χ3n) is 2.30. The number of urea groups is 1. The predicted octanol–water partition coefficient (Wildman–Crippen LogP) is 1.68. The van der Waals surface area contributed by atoms with Crippen LogP contribution in [0.3, 0.4) is 0 Å². The number of carbonyl (C=O) groups is 2. The summed E-state index contributed by atoms with van der Waals surface area (Å²) in [6.07, 6.45) is 0. The number of aliphatic hydroxyl groups is 1. The fourth-order valence-electron chi connectivity index (χ4n) is 1.14. The lowest BCUT2D eigenvalue weighted by Crippen LogP contribution is -2.47. The number of rotatable bonds is 4. The van der Waals surface area contributed by atoms with E-state index in [2.05, 4.69) is 15.9 Å². The fourth-order valence-corrected chi connectivity index (χ4v) is 1.57. The Morgan fingerprint density at radius 2 is 2.00 bits per heavy atom. The molecule has 2 amide bonds. The summed E-state index contributed by atoms with van der Waals surface area (Å²) in [7, 11) is 0. The van der Waals surface area contributed by atoms with Gasteiger partial charge in [0.1, 0.15) is 5.82 Å². The molecule has 0 fully saturated rings. The molecule has 0 aliphatic heterocycles. The van der Waals surface area contributed by atoms with Crippen LogP contribution in [0.4, 0.5) is 19.3 Å². The van der Waals surface area contributed by atoms with Crippen molar-refractivity contribution in [1.82, 2.24) is 5.32 Å². The Balaban J connectivity index is 2.71. The highest BCUT2D eigenvalue weighted by Crippen LogP contribution is 2.24. The van der Waals surface area contributed by atoms with Crippen molar-refractivity contribution in [2.45, 2.75) is 12.5 Å². The zero-order valence-corrected chi connectivity index (χ0v) is 11.8. The van der Waals surface area contributed by atoms with E-state index in [4.69, 9.17) is 5.11 Å². The normalized spacial score (nSPS) is 13.4. The zero-order chi connectivity index (χ0) is 15.5. The van der Waals surface area contributed by atoms with Crippen LogP contribution in [0.5, 0.6) is 0 Å². The van der Waals surface area contributed by atoms with Gasteiger partial charge in [-0.25, -0.2) is 18.4 Å². The van der Waals surface area contributed by atoms with E-state index in [9.17, 15) is 23.5 Å². The van der Waals surface area contributed by atoms with Crippen molar-refractivity contribution in [3.05, 3.63) is 28.2 Å². The number of hydrogen-bond acceptors (Lipinski definition) is 3. The maximum absolute atomic E-state index is 13.5. The number of hydrogen-bond donors (Lipinski definition) is 4. The van der Waals surface area contributed by atoms with E-state index in [0.29, 0.717) is 0 Å². The topological polar surface area (TPSA) is 98.7 Å². The van der Waals surface area contributed by atoms with Crippen molar-refractivity contribution >= 4 is 33.6 Å². The first-order valence-electron chi connectivity index (χ1n) is 5.28. The molecule has 0 saturated carbocycles. The third-order valence-corrected chi connectivity index (χ3v) is 2.87. The number of nitrogens with one attached hydrogen (secondary N) is 2. The van der Waals surface area contributed by atoms with Gasteiger partial charge in [0.05, 0.1) is 16.7 Å². The lowest BCUT2D eigenvalue weighted by Gasteiger charge is -2.18. The first kappa shape index (κ1) is 16.3. The molecule has 0 saturated heterocycles. The molecule has 0 radical (unpaired) electrons. The van der Waals surface area contributed by atoms with E-state index in [0.717, 1.165) is 19.1 Å². The highest BCUT2D eigenvalue weighted by molar-refractivity contribution is 9.10. The number of carboxylic acids is 1. The summed E-state index contributed by atoms with van der Waals surface area (Å²) in [6.45, 7) is 0.376. The van der Waals surface area contributed by atoms with Gasteiger partial charge < -0.3 is 20.8 Å². The van der Waals surface area contributed by atoms with E-state index in [-0.39, 0.29) is 4.47 Å². The maximum Gasteiger partial charge on any atom is 0.337 e. The summed E-state index contributed by atoms with van der Waals surface area (Å²) in [5.74, 6) is -3.19.